The van der Waals surface area contributed by atoms with Gasteiger partial charge in [-0.05, 0) is 12.8 Å². The van der Waals surface area contributed by atoms with Gasteiger partial charge in [0.15, 0.2) is 0 Å². The van der Waals surface area contributed by atoms with Crippen molar-refractivity contribution in [1.29, 1.82) is 0 Å². The molecule has 1 atom stereocenters. The van der Waals surface area contributed by atoms with Gasteiger partial charge in [-0.2, -0.15) is 0 Å². The first-order valence-electron chi connectivity index (χ1n) is 5.63. The van der Waals surface area contributed by atoms with Crippen molar-refractivity contribution in [2.75, 3.05) is 25.1 Å². The van der Waals surface area contributed by atoms with Crippen LogP contribution in [0.5, 0.6) is 0 Å². The average molecular weight is 254 g/mol. The summed E-state index contributed by atoms with van der Waals surface area (Å²) in [7, 11) is 1.34. The number of carbonyl (C=O) groups excluding carboxylic acids is 1. The van der Waals surface area contributed by atoms with Crippen LogP contribution >= 0.6 is 0 Å². The lowest BCUT2D eigenvalue weighted by Crippen LogP contribution is -2.43. The van der Waals surface area contributed by atoms with Crippen molar-refractivity contribution in [2.24, 2.45) is 5.92 Å². The van der Waals surface area contributed by atoms with E-state index in [1.807, 2.05) is 0 Å². The number of nitrogens with zero attached hydrogens (tertiary/aromatic N) is 2. The van der Waals surface area contributed by atoms with Crippen molar-refractivity contribution in [1.82, 2.24) is 15.2 Å². The molecule has 0 bridgehead atoms. The summed E-state index contributed by atoms with van der Waals surface area (Å²) in [5, 5.41) is 5.89. The fourth-order valence-corrected chi connectivity index (χ4v) is 2.08. The number of hydrogen-bond donors (Lipinski definition) is 2. The summed E-state index contributed by atoms with van der Waals surface area (Å²) in [5.74, 6) is -0.430. The normalized spacial score (nSPS) is 19.6. The maximum absolute atomic E-state index is 11.6. The molecule has 1 unspecified atom stereocenters. The Morgan fingerprint density at radius 2 is 2.28 bits per heavy atom. The number of methoxy groups -OCH3 is 1. The first kappa shape index (κ1) is 12.3. The highest BCUT2D eigenvalue weighted by Crippen LogP contribution is 2.19. The first-order valence-corrected chi connectivity index (χ1v) is 5.63. The molecular weight excluding hydrogens is 240 g/mol. The molecule has 1 fully saturated rings. The van der Waals surface area contributed by atoms with E-state index in [-0.39, 0.29) is 17.7 Å². The van der Waals surface area contributed by atoms with E-state index in [1.54, 1.807) is 4.90 Å². The van der Waals surface area contributed by atoms with Crippen molar-refractivity contribution < 1.29 is 9.53 Å². The molecule has 1 aromatic rings. The smallest absolute Gasteiger partial charge is 0.342 e. The highest BCUT2D eigenvalue weighted by atomic mass is 16.5. The second-order valence-electron chi connectivity index (χ2n) is 4.14. The zero-order valence-electron chi connectivity index (χ0n) is 9.93. The van der Waals surface area contributed by atoms with Crippen LogP contribution in [0.4, 0.5) is 5.82 Å². The van der Waals surface area contributed by atoms with E-state index in [0.717, 1.165) is 12.8 Å². The van der Waals surface area contributed by atoms with Gasteiger partial charge in [-0.3, -0.25) is 14.6 Å². The highest BCUT2D eigenvalue weighted by molar-refractivity contribution is 5.73. The summed E-state index contributed by atoms with van der Waals surface area (Å²) in [6.45, 7) is 0.990. The molecule has 1 aliphatic heterocycles. The summed E-state index contributed by atoms with van der Waals surface area (Å²) < 4.78 is 4.69. The minimum atomic E-state index is -0.648. The van der Waals surface area contributed by atoms with Gasteiger partial charge < -0.3 is 9.64 Å². The van der Waals surface area contributed by atoms with Crippen LogP contribution in [-0.2, 0) is 9.53 Å². The molecule has 0 amide bonds. The number of aromatic amines is 2. The Morgan fingerprint density at radius 3 is 2.94 bits per heavy atom. The number of nitrogens with one attached hydrogen (secondary N) is 2. The topological polar surface area (TPSA) is 108 Å². The van der Waals surface area contributed by atoms with Crippen LogP contribution in [0.2, 0.25) is 0 Å². The Labute approximate surface area is 102 Å². The lowest BCUT2D eigenvalue weighted by atomic mass is 9.98. The molecule has 2 heterocycles. The van der Waals surface area contributed by atoms with E-state index in [9.17, 15) is 14.4 Å². The molecule has 2 rings (SSSR count). The molecule has 0 radical (unpaired) electrons. The van der Waals surface area contributed by atoms with E-state index in [2.05, 4.69) is 15.2 Å². The molecule has 8 heteroatoms. The van der Waals surface area contributed by atoms with Crippen molar-refractivity contribution in [3.63, 3.8) is 0 Å². The van der Waals surface area contributed by atoms with E-state index < -0.39 is 11.2 Å². The van der Waals surface area contributed by atoms with Crippen LogP contribution in [0.3, 0.4) is 0 Å². The number of ether oxygens (including phenoxy) is 1. The molecule has 0 aromatic carbocycles. The number of esters is 1. The minimum Gasteiger partial charge on any atom is -0.469 e. The zero-order chi connectivity index (χ0) is 13.1. The molecule has 18 heavy (non-hydrogen) atoms. The molecule has 1 aliphatic rings. The molecule has 0 saturated carbocycles. The minimum absolute atomic E-state index is 0.128. The van der Waals surface area contributed by atoms with Gasteiger partial charge in [0.1, 0.15) is 0 Å². The zero-order valence-corrected chi connectivity index (χ0v) is 9.93. The summed E-state index contributed by atoms with van der Waals surface area (Å²) in [5.41, 5.74) is -1.20. The monoisotopic (exact) mass is 254 g/mol. The van der Waals surface area contributed by atoms with Crippen LogP contribution in [0.15, 0.2) is 9.59 Å². The Morgan fingerprint density at radius 1 is 1.50 bits per heavy atom. The van der Waals surface area contributed by atoms with Gasteiger partial charge in [-0.25, -0.2) is 9.89 Å². The molecular formula is C10H14N4O4. The van der Waals surface area contributed by atoms with Crippen LogP contribution in [-0.4, -0.2) is 41.3 Å². The maximum atomic E-state index is 11.6. The number of carbonyl (C=O) groups is 1. The first-order chi connectivity index (χ1) is 8.61. The Kier molecular flexibility index (Phi) is 3.45. The van der Waals surface area contributed by atoms with Gasteiger partial charge in [-0.15, -0.1) is 5.10 Å². The van der Waals surface area contributed by atoms with Crippen molar-refractivity contribution in [3.05, 3.63) is 20.8 Å². The molecule has 1 aromatic heterocycles. The molecule has 98 valence electrons. The quantitative estimate of drug-likeness (QED) is 0.645. The third kappa shape index (κ3) is 2.41. The van der Waals surface area contributed by atoms with Gasteiger partial charge in [-0.1, -0.05) is 0 Å². The highest BCUT2D eigenvalue weighted by Gasteiger charge is 2.28. The Bertz CT molecular complexity index is 549. The van der Waals surface area contributed by atoms with Crippen LogP contribution in [0.25, 0.3) is 0 Å². The summed E-state index contributed by atoms with van der Waals surface area (Å²) in [6.07, 6.45) is 1.49. The average Bonchev–Trinajstić information content (AvgIpc) is 2.38. The number of piperidine rings is 1. The van der Waals surface area contributed by atoms with Crippen molar-refractivity contribution in [2.45, 2.75) is 12.8 Å². The SMILES string of the molecule is COC(=O)C1CCCN(c2n[nH]c(=O)[nH]c2=O)C1. The Hall–Kier alpha value is -2.12. The number of aromatic nitrogens is 3. The van der Waals surface area contributed by atoms with Gasteiger partial charge in [0.2, 0.25) is 5.82 Å². The summed E-state index contributed by atoms with van der Waals surface area (Å²) >= 11 is 0. The van der Waals surface area contributed by atoms with Crippen molar-refractivity contribution >= 4 is 11.8 Å². The number of hydrogen-bond acceptors (Lipinski definition) is 6. The van der Waals surface area contributed by atoms with Crippen LogP contribution < -0.4 is 16.1 Å². The third-order valence-electron chi connectivity index (χ3n) is 2.95. The number of rotatable bonds is 2. The number of anilines is 1. The van der Waals surface area contributed by atoms with Gasteiger partial charge >= 0.3 is 11.7 Å². The van der Waals surface area contributed by atoms with Gasteiger partial charge in [0.05, 0.1) is 13.0 Å². The maximum Gasteiger partial charge on any atom is 0.342 e. The second kappa shape index (κ2) is 5.03. The largest absolute Gasteiger partial charge is 0.469 e. The predicted molar refractivity (Wildman–Crippen MR) is 62.4 cm³/mol. The summed E-state index contributed by atoms with van der Waals surface area (Å²) in [6, 6.07) is 0. The molecule has 0 spiro atoms. The van der Waals surface area contributed by atoms with E-state index in [4.69, 9.17) is 4.74 Å². The molecule has 1 saturated heterocycles. The Balaban J connectivity index is 2.20. The van der Waals surface area contributed by atoms with Crippen LogP contribution in [0, 0.1) is 5.92 Å². The number of H-pyrrole nitrogens is 2. The van der Waals surface area contributed by atoms with E-state index >= 15 is 0 Å². The van der Waals surface area contributed by atoms with E-state index in [1.165, 1.54) is 7.11 Å². The van der Waals surface area contributed by atoms with Crippen molar-refractivity contribution in [3.8, 4) is 0 Å². The molecule has 0 aliphatic carbocycles. The predicted octanol–water partition coefficient (Wildman–Crippen LogP) is -1.15. The fraction of sp³-hybridized carbons (Fsp3) is 0.600. The molecule has 2 N–H and O–H groups in total. The van der Waals surface area contributed by atoms with Gasteiger partial charge in [0.25, 0.3) is 5.56 Å². The summed E-state index contributed by atoms with van der Waals surface area (Å²) in [4.78, 5) is 37.7. The lowest BCUT2D eigenvalue weighted by Gasteiger charge is -2.31. The molecule has 8 nitrogen and oxygen atoms in total. The third-order valence-corrected chi connectivity index (χ3v) is 2.95. The fourth-order valence-electron chi connectivity index (χ4n) is 2.08. The van der Waals surface area contributed by atoms with Gasteiger partial charge in [0, 0.05) is 13.1 Å². The van der Waals surface area contributed by atoms with Crippen LogP contribution in [0.1, 0.15) is 12.8 Å². The lowest BCUT2D eigenvalue weighted by molar-refractivity contribution is -0.145. The standard InChI is InChI=1S/C10H14N4O4/c1-18-9(16)6-3-2-4-14(5-6)7-8(15)11-10(17)13-12-7/h6H,2-5H2,1H3,(H2,11,13,15,17). The second-order valence-corrected chi connectivity index (χ2v) is 4.14. The van der Waals surface area contributed by atoms with E-state index in [0.29, 0.717) is 13.1 Å².